The van der Waals surface area contributed by atoms with Gasteiger partial charge < -0.3 is 9.80 Å². The number of fused-ring (bicyclic) bond motifs is 1. The fourth-order valence-corrected chi connectivity index (χ4v) is 4.91. The molecule has 3 aromatic rings. The van der Waals surface area contributed by atoms with E-state index in [9.17, 15) is 9.18 Å². The monoisotopic (exact) mass is 448 g/mol. The van der Waals surface area contributed by atoms with Crippen LogP contribution in [-0.2, 0) is 20.0 Å². The van der Waals surface area contributed by atoms with Gasteiger partial charge in [0.15, 0.2) is 0 Å². The minimum Gasteiger partial charge on any atom is -0.352 e. The Hall–Kier alpha value is -3.29. The Balaban J connectivity index is 1.32. The molecule has 0 atom stereocenters. The summed E-state index contributed by atoms with van der Waals surface area (Å²) in [5.74, 6) is 1.95. The van der Waals surface area contributed by atoms with E-state index < -0.39 is 0 Å². The third kappa shape index (κ3) is 4.47. The molecule has 1 saturated heterocycles. The molecule has 1 aromatic carbocycles. The van der Waals surface area contributed by atoms with E-state index in [1.165, 1.54) is 17.7 Å². The van der Waals surface area contributed by atoms with Crippen molar-refractivity contribution in [1.29, 1.82) is 0 Å². The Labute approximate surface area is 193 Å². The zero-order chi connectivity index (χ0) is 22.9. The highest BCUT2D eigenvalue weighted by Gasteiger charge is 2.29. The van der Waals surface area contributed by atoms with Gasteiger partial charge in [0.25, 0.3) is 5.91 Å². The number of rotatable bonds is 4. The maximum absolute atomic E-state index is 13.3. The summed E-state index contributed by atoms with van der Waals surface area (Å²) in [5, 5.41) is 4.11. The predicted molar refractivity (Wildman–Crippen MR) is 124 cm³/mol. The molecule has 0 saturated carbocycles. The number of benzene rings is 1. The van der Waals surface area contributed by atoms with E-state index in [4.69, 9.17) is 9.97 Å². The second-order valence-corrected chi connectivity index (χ2v) is 9.09. The molecule has 0 unspecified atom stereocenters. The number of anilines is 1. The number of piperidine rings is 1. The van der Waals surface area contributed by atoms with E-state index in [0.29, 0.717) is 25.2 Å². The summed E-state index contributed by atoms with van der Waals surface area (Å²) in [5.41, 5.74) is 3.97. The molecular formula is C25H29FN6O. The van der Waals surface area contributed by atoms with Crippen molar-refractivity contribution in [3.63, 3.8) is 0 Å². The summed E-state index contributed by atoms with van der Waals surface area (Å²) in [7, 11) is 1.82. The average molecular weight is 449 g/mol. The molecule has 0 bridgehead atoms. The third-order valence-corrected chi connectivity index (χ3v) is 6.75. The lowest BCUT2D eigenvalue weighted by molar-refractivity contribution is 0.0711. The molecule has 1 fully saturated rings. The van der Waals surface area contributed by atoms with Crippen LogP contribution in [0.2, 0.25) is 0 Å². The lowest BCUT2D eigenvalue weighted by atomic mass is 9.94. The van der Waals surface area contributed by atoms with E-state index >= 15 is 0 Å². The lowest BCUT2D eigenvalue weighted by Crippen LogP contribution is -2.38. The largest absolute Gasteiger partial charge is 0.352 e. The minimum atomic E-state index is -0.216. The standard InChI is InChI=1S/C25H29FN6O/c1-17-22-4-3-11-32(15-18-5-7-21(26)8-6-18)24(22)29-23(28-17)19-9-12-31(13-10-19)25(33)20-14-27-30(2)16-20/h5-8,14,16,19H,3-4,9-13,15H2,1-2H3. The summed E-state index contributed by atoms with van der Waals surface area (Å²) in [6, 6.07) is 6.70. The third-order valence-electron chi connectivity index (χ3n) is 6.75. The van der Waals surface area contributed by atoms with Gasteiger partial charge in [0.05, 0.1) is 11.8 Å². The summed E-state index contributed by atoms with van der Waals surface area (Å²) < 4.78 is 15.0. The fourth-order valence-electron chi connectivity index (χ4n) is 4.91. The van der Waals surface area contributed by atoms with Crippen LogP contribution in [0.4, 0.5) is 10.2 Å². The van der Waals surface area contributed by atoms with E-state index in [2.05, 4.69) is 16.9 Å². The molecule has 0 radical (unpaired) electrons. The van der Waals surface area contributed by atoms with Crippen LogP contribution in [0.1, 0.15) is 58.2 Å². The number of aryl methyl sites for hydroxylation is 2. The van der Waals surface area contributed by atoms with Gasteiger partial charge in [-0.25, -0.2) is 14.4 Å². The zero-order valence-electron chi connectivity index (χ0n) is 19.2. The number of carbonyl (C=O) groups excluding carboxylic acids is 1. The van der Waals surface area contributed by atoms with E-state index in [1.807, 2.05) is 24.1 Å². The van der Waals surface area contributed by atoms with Gasteiger partial charge in [-0.2, -0.15) is 5.10 Å². The first-order valence-electron chi connectivity index (χ1n) is 11.6. The molecule has 1 amide bonds. The Bertz CT molecular complexity index is 1150. The molecule has 4 heterocycles. The second-order valence-electron chi connectivity index (χ2n) is 9.09. The predicted octanol–water partition coefficient (Wildman–Crippen LogP) is 3.63. The number of hydrogen-bond donors (Lipinski definition) is 0. The molecule has 2 aliphatic rings. The molecular weight excluding hydrogens is 419 g/mol. The maximum Gasteiger partial charge on any atom is 0.257 e. The van der Waals surface area contributed by atoms with Crippen LogP contribution in [-0.4, -0.2) is 50.2 Å². The van der Waals surface area contributed by atoms with Gasteiger partial charge in [0.2, 0.25) is 0 Å². The van der Waals surface area contributed by atoms with Crippen molar-refractivity contribution in [2.75, 3.05) is 24.5 Å². The number of halogens is 1. The van der Waals surface area contributed by atoms with E-state index in [-0.39, 0.29) is 17.6 Å². The second kappa shape index (κ2) is 8.92. The van der Waals surface area contributed by atoms with E-state index in [1.54, 1.807) is 17.1 Å². The fraction of sp³-hybridized carbons (Fsp3) is 0.440. The summed E-state index contributed by atoms with van der Waals surface area (Å²) in [4.78, 5) is 26.9. The average Bonchev–Trinajstić information content (AvgIpc) is 3.27. The summed E-state index contributed by atoms with van der Waals surface area (Å²) in [6.45, 7) is 5.10. The molecule has 0 spiro atoms. The van der Waals surface area contributed by atoms with Crippen molar-refractivity contribution in [1.82, 2.24) is 24.6 Å². The Morgan fingerprint density at radius 3 is 2.58 bits per heavy atom. The van der Waals surface area contributed by atoms with Crippen molar-refractivity contribution in [2.24, 2.45) is 7.05 Å². The molecule has 0 N–H and O–H groups in total. The van der Waals surface area contributed by atoms with Gasteiger partial charge in [-0.15, -0.1) is 0 Å². The highest BCUT2D eigenvalue weighted by Crippen LogP contribution is 2.33. The van der Waals surface area contributed by atoms with Crippen molar-refractivity contribution in [2.45, 2.75) is 45.1 Å². The van der Waals surface area contributed by atoms with Gasteiger partial charge in [-0.1, -0.05) is 12.1 Å². The number of likely N-dealkylation sites (tertiary alicyclic amines) is 1. The number of nitrogens with zero attached hydrogens (tertiary/aromatic N) is 6. The molecule has 7 nitrogen and oxygen atoms in total. The molecule has 8 heteroatoms. The van der Waals surface area contributed by atoms with Crippen LogP contribution in [0.5, 0.6) is 0 Å². The lowest BCUT2D eigenvalue weighted by Gasteiger charge is -2.34. The number of aromatic nitrogens is 4. The first-order valence-corrected chi connectivity index (χ1v) is 11.6. The van der Waals surface area contributed by atoms with Crippen molar-refractivity contribution in [3.05, 3.63) is 70.7 Å². The van der Waals surface area contributed by atoms with Gasteiger partial charge in [0.1, 0.15) is 17.5 Å². The van der Waals surface area contributed by atoms with Crippen molar-refractivity contribution >= 4 is 11.7 Å². The van der Waals surface area contributed by atoms with Crippen LogP contribution >= 0.6 is 0 Å². The number of hydrogen-bond acceptors (Lipinski definition) is 5. The van der Waals surface area contributed by atoms with Crippen LogP contribution in [0, 0.1) is 12.7 Å². The summed E-state index contributed by atoms with van der Waals surface area (Å²) in [6.07, 6.45) is 7.14. The van der Waals surface area contributed by atoms with Gasteiger partial charge >= 0.3 is 0 Å². The normalized spacial score (nSPS) is 16.7. The van der Waals surface area contributed by atoms with Gasteiger partial charge in [-0.05, 0) is 50.3 Å². The number of carbonyl (C=O) groups is 1. The maximum atomic E-state index is 13.3. The Kier molecular flexibility index (Phi) is 5.83. The molecule has 5 rings (SSSR count). The van der Waals surface area contributed by atoms with Gasteiger partial charge in [-0.3, -0.25) is 9.48 Å². The highest BCUT2D eigenvalue weighted by molar-refractivity contribution is 5.93. The molecule has 0 aliphatic carbocycles. The smallest absolute Gasteiger partial charge is 0.257 e. The molecule has 33 heavy (non-hydrogen) atoms. The first-order chi connectivity index (χ1) is 16.0. The molecule has 2 aliphatic heterocycles. The highest BCUT2D eigenvalue weighted by atomic mass is 19.1. The van der Waals surface area contributed by atoms with Crippen LogP contribution < -0.4 is 4.90 Å². The summed E-state index contributed by atoms with van der Waals surface area (Å²) >= 11 is 0. The van der Waals surface area contributed by atoms with Gasteiger partial charge in [0, 0.05) is 56.6 Å². The van der Waals surface area contributed by atoms with Crippen LogP contribution in [0.3, 0.4) is 0 Å². The number of amides is 1. The van der Waals surface area contributed by atoms with Crippen molar-refractivity contribution < 1.29 is 9.18 Å². The quantitative estimate of drug-likeness (QED) is 0.610. The Morgan fingerprint density at radius 2 is 1.88 bits per heavy atom. The first kappa shape index (κ1) is 21.6. The van der Waals surface area contributed by atoms with Crippen molar-refractivity contribution in [3.8, 4) is 0 Å². The topological polar surface area (TPSA) is 67.2 Å². The molecule has 2 aromatic heterocycles. The zero-order valence-corrected chi connectivity index (χ0v) is 19.2. The SMILES string of the molecule is Cc1nc(C2CCN(C(=O)c3cnn(C)c3)CC2)nc2c1CCCN2Cc1ccc(F)cc1. The Morgan fingerprint density at radius 1 is 1.12 bits per heavy atom. The van der Waals surface area contributed by atoms with E-state index in [0.717, 1.165) is 55.1 Å². The minimum absolute atomic E-state index is 0.0366. The van der Waals surface area contributed by atoms with Crippen LogP contribution in [0.15, 0.2) is 36.7 Å². The molecule has 172 valence electrons. The van der Waals surface area contributed by atoms with Crippen LogP contribution in [0.25, 0.3) is 0 Å².